The number of ether oxygens (including phenoxy) is 1. The normalized spacial score (nSPS) is 34.8. The molecule has 2 aromatic heterocycles. The molecule has 1 saturated heterocycles. The molecule has 0 unspecified atom stereocenters. The van der Waals surface area contributed by atoms with Gasteiger partial charge < -0.3 is 4.74 Å². The Bertz CT molecular complexity index is 861. The molecular weight excluding hydrogens is 368 g/mol. The number of thiazole rings is 1. The van der Waals surface area contributed by atoms with Crippen molar-refractivity contribution in [2.45, 2.75) is 45.1 Å². The summed E-state index contributed by atoms with van der Waals surface area (Å²) in [6.07, 6.45) is 14.4. The van der Waals surface area contributed by atoms with Crippen LogP contribution < -0.4 is 0 Å². The molecular formula is C23H26N2O2S. The number of hydrogen-bond donors (Lipinski definition) is 0. The molecule has 4 nitrogen and oxygen atoms in total. The Morgan fingerprint density at radius 3 is 2.89 bits per heavy atom. The number of carbonyl (C=O) groups excluding carboxylic acids is 1. The van der Waals surface area contributed by atoms with Gasteiger partial charge in [-0.25, -0.2) is 4.98 Å². The second-order valence-corrected chi connectivity index (χ2v) is 9.41. The van der Waals surface area contributed by atoms with Crippen molar-refractivity contribution in [3.63, 3.8) is 0 Å². The number of pyridine rings is 1. The molecule has 2 aromatic rings. The zero-order valence-corrected chi connectivity index (χ0v) is 17.0. The second-order valence-electron chi connectivity index (χ2n) is 8.52. The molecule has 0 spiro atoms. The molecule has 3 aliphatic rings. The number of carbonyl (C=O) groups is 1. The Balaban J connectivity index is 1.40. The molecule has 0 bridgehead atoms. The van der Waals surface area contributed by atoms with Gasteiger partial charge >= 0.3 is 5.97 Å². The van der Waals surface area contributed by atoms with E-state index in [4.69, 9.17) is 4.74 Å². The molecule has 0 N–H and O–H groups in total. The molecule has 28 heavy (non-hydrogen) atoms. The Kier molecular flexibility index (Phi) is 4.79. The lowest BCUT2D eigenvalue weighted by atomic mass is 9.57. The highest BCUT2D eigenvalue weighted by atomic mass is 32.1. The maximum absolute atomic E-state index is 12.4. The summed E-state index contributed by atoms with van der Waals surface area (Å²) in [5, 5.41) is 2.98. The Labute approximate surface area is 170 Å². The van der Waals surface area contributed by atoms with Gasteiger partial charge in [0.25, 0.3) is 0 Å². The number of esters is 1. The monoisotopic (exact) mass is 394 g/mol. The SMILES string of the molecule is C[C@H]1OC(=O)[C@@H]2C[C@@H]3CCCC[C@H]3[C@H](/C=C/c3ccc(-c4nccs4)cn3)[C@H]12. The predicted octanol–water partition coefficient (Wildman–Crippen LogP) is 5.22. The maximum atomic E-state index is 12.4. The number of hydrogen-bond acceptors (Lipinski definition) is 5. The van der Waals surface area contributed by atoms with E-state index in [1.165, 1.54) is 25.7 Å². The van der Waals surface area contributed by atoms with Crippen LogP contribution in [0.25, 0.3) is 16.6 Å². The van der Waals surface area contributed by atoms with Crippen LogP contribution in [0.2, 0.25) is 0 Å². The van der Waals surface area contributed by atoms with Crippen LogP contribution in [0.15, 0.2) is 36.0 Å². The summed E-state index contributed by atoms with van der Waals surface area (Å²) in [6.45, 7) is 2.08. The van der Waals surface area contributed by atoms with Crippen molar-refractivity contribution >= 4 is 23.4 Å². The molecule has 2 aliphatic carbocycles. The number of cyclic esters (lactones) is 1. The summed E-state index contributed by atoms with van der Waals surface area (Å²) >= 11 is 1.63. The third-order valence-electron chi connectivity index (χ3n) is 7.03. The van der Waals surface area contributed by atoms with Gasteiger partial charge in [-0.3, -0.25) is 9.78 Å². The highest BCUT2D eigenvalue weighted by molar-refractivity contribution is 7.13. The fraction of sp³-hybridized carbons (Fsp3) is 0.522. The first-order chi connectivity index (χ1) is 13.7. The van der Waals surface area contributed by atoms with E-state index < -0.39 is 0 Å². The zero-order chi connectivity index (χ0) is 19.1. The number of aromatic nitrogens is 2. The van der Waals surface area contributed by atoms with Crippen LogP contribution in [0, 0.1) is 29.6 Å². The smallest absolute Gasteiger partial charge is 0.309 e. The van der Waals surface area contributed by atoms with Crippen LogP contribution in [0.5, 0.6) is 0 Å². The van der Waals surface area contributed by atoms with Crippen molar-refractivity contribution in [2.24, 2.45) is 29.6 Å². The Hall–Kier alpha value is -2.01. The van der Waals surface area contributed by atoms with Gasteiger partial charge in [-0.2, -0.15) is 0 Å². The van der Waals surface area contributed by atoms with E-state index in [1.54, 1.807) is 11.3 Å². The van der Waals surface area contributed by atoms with Crippen LogP contribution in [0.4, 0.5) is 0 Å². The highest BCUT2D eigenvalue weighted by Crippen LogP contribution is 2.53. The topological polar surface area (TPSA) is 52.1 Å². The van der Waals surface area contributed by atoms with E-state index in [9.17, 15) is 4.79 Å². The molecule has 5 rings (SSSR count). The van der Waals surface area contributed by atoms with Gasteiger partial charge in [0.2, 0.25) is 0 Å². The molecule has 6 atom stereocenters. The van der Waals surface area contributed by atoms with Gasteiger partial charge in [0.15, 0.2) is 0 Å². The molecule has 3 heterocycles. The summed E-state index contributed by atoms with van der Waals surface area (Å²) in [6, 6.07) is 4.15. The van der Waals surface area contributed by atoms with E-state index >= 15 is 0 Å². The van der Waals surface area contributed by atoms with E-state index in [0.717, 1.165) is 22.7 Å². The lowest BCUT2D eigenvalue weighted by molar-refractivity contribution is -0.144. The van der Waals surface area contributed by atoms with Gasteiger partial charge in [0, 0.05) is 29.3 Å². The van der Waals surface area contributed by atoms with Gasteiger partial charge in [0.05, 0.1) is 11.6 Å². The minimum Gasteiger partial charge on any atom is -0.462 e. The highest BCUT2D eigenvalue weighted by Gasteiger charge is 2.53. The fourth-order valence-corrected chi connectivity index (χ4v) is 6.42. The third-order valence-corrected chi connectivity index (χ3v) is 7.85. The average Bonchev–Trinajstić information content (AvgIpc) is 3.35. The number of allylic oxidation sites excluding steroid dienone is 1. The van der Waals surface area contributed by atoms with Crippen LogP contribution in [-0.4, -0.2) is 22.0 Å². The van der Waals surface area contributed by atoms with Crippen molar-refractivity contribution in [2.75, 3.05) is 0 Å². The van der Waals surface area contributed by atoms with E-state index in [1.807, 2.05) is 17.8 Å². The molecule has 2 saturated carbocycles. The molecule has 0 amide bonds. The fourth-order valence-electron chi connectivity index (χ4n) is 5.79. The second kappa shape index (κ2) is 7.43. The van der Waals surface area contributed by atoms with Crippen LogP contribution in [0.3, 0.4) is 0 Å². The van der Waals surface area contributed by atoms with E-state index in [-0.39, 0.29) is 18.0 Å². The lowest BCUT2D eigenvalue weighted by Gasteiger charge is -2.45. The zero-order valence-electron chi connectivity index (χ0n) is 16.2. The van der Waals surface area contributed by atoms with E-state index in [0.29, 0.717) is 23.7 Å². The molecule has 146 valence electrons. The summed E-state index contributed by atoms with van der Waals surface area (Å²) in [4.78, 5) is 21.4. The largest absolute Gasteiger partial charge is 0.462 e. The van der Waals surface area contributed by atoms with Crippen molar-refractivity contribution in [3.05, 3.63) is 41.7 Å². The summed E-state index contributed by atoms with van der Waals surface area (Å²) in [7, 11) is 0. The minimum absolute atomic E-state index is 0.0234. The van der Waals surface area contributed by atoms with Crippen LogP contribution in [0.1, 0.15) is 44.7 Å². The van der Waals surface area contributed by atoms with Gasteiger partial charge in [0.1, 0.15) is 11.1 Å². The van der Waals surface area contributed by atoms with Crippen LogP contribution in [-0.2, 0) is 9.53 Å². The first-order valence-electron chi connectivity index (χ1n) is 10.5. The van der Waals surface area contributed by atoms with Crippen molar-refractivity contribution in [1.82, 2.24) is 9.97 Å². The van der Waals surface area contributed by atoms with Crippen molar-refractivity contribution in [1.29, 1.82) is 0 Å². The first-order valence-corrected chi connectivity index (χ1v) is 11.3. The molecule has 3 fully saturated rings. The quantitative estimate of drug-likeness (QED) is 0.670. The van der Waals surface area contributed by atoms with E-state index in [2.05, 4.69) is 41.2 Å². The summed E-state index contributed by atoms with van der Waals surface area (Å²) in [5.41, 5.74) is 2.02. The molecule has 5 heteroatoms. The summed E-state index contributed by atoms with van der Waals surface area (Å²) < 4.78 is 5.66. The van der Waals surface area contributed by atoms with Crippen molar-refractivity contribution < 1.29 is 9.53 Å². The maximum Gasteiger partial charge on any atom is 0.309 e. The van der Waals surface area contributed by atoms with Gasteiger partial charge in [-0.1, -0.05) is 25.3 Å². The lowest BCUT2D eigenvalue weighted by Crippen LogP contribution is -2.42. The molecule has 0 aromatic carbocycles. The van der Waals surface area contributed by atoms with Crippen LogP contribution >= 0.6 is 11.3 Å². The number of nitrogens with zero attached hydrogens (tertiary/aromatic N) is 2. The minimum atomic E-state index is 0.0234. The Morgan fingerprint density at radius 2 is 2.11 bits per heavy atom. The molecule has 1 aliphatic heterocycles. The Morgan fingerprint density at radius 1 is 1.21 bits per heavy atom. The van der Waals surface area contributed by atoms with Gasteiger partial charge in [-0.05, 0) is 55.7 Å². The third kappa shape index (κ3) is 3.20. The first kappa shape index (κ1) is 18.0. The summed E-state index contributed by atoms with van der Waals surface area (Å²) in [5.74, 6) is 2.19. The average molecular weight is 395 g/mol. The molecule has 0 radical (unpaired) electrons. The predicted molar refractivity (Wildman–Crippen MR) is 110 cm³/mol. The standard InChI is InChI=1S/C23H26N2O2S/c1-14-21-19(18-5-3-2-4-15(18)12-20(21)23(26)27-14)9-8-17-7-6-16(13-25-17)22-24-10-11-28-22/h6-11,13-15,18-21H,2-5,12H2,1H3/b9-8+/t14-,15+,18-,19+,20-,21+/m1/s1. The van der Waals surface area contributed by atoms with Gasteiger partial charge in [-0.15, -0.1) is 11.3 Å². The van der Waals surface area contributed by atoms with Crippen molar-refractivity contribution in [3.8, 4) is 10.6 Å². The number of rotatable bonds is 3. The number of fused-ring (bicyclic) bond motifs is 2.